The number of amides is 3. The number of benzene rings is 3. The summed E-state index contributed by atoms with van der Waals surface area (Å²) in [6, 6.07) is 14.8. The van der Waals surface area contributed by atoms with E-state index in [0.717, 1.165) is 18.2 Å². The Morgan fingerprint density at radius 2 is 1.60 bits per heavy atom. The van der Waals surface area contributed by atoms with E-state index in [2.05, 4.69) is 30.9 Å². The van der Waals surface area contributed by atoms with Crippen molar-refractivity contribution >= 4 is 46.0 Å². The molecule has 11 nitrogen and oxygen atoms in total. The molecule has 43 heavy (non-hydrogen) atoms. The lowest BCUT2D eigenvalue weighted by Gasteiger charge is -2.16. The Bertz CT molecular complexity index is 1960. The molecule has 14 heteroatoms. The smallest absolute Gasteiger partial charge is 0.351 e. The fourth-order valence-corrected chi connectivity index (χ4v) is 4.38. The van der Waals surface area contributed by atoms with Gasteiger partial charge in [-0.15, -0.1) is 0 Å². The molecule has 5 N–H and O–H groups in total. The van der Waals surface area contributed by atoms with E-state index < -0.39 is 29.4 Å². The molecule has 0 atom stereocenters. The summed E-state index contributed by atoms with van der Waals surface area (Å²) in [5.74, 6) is -0.589. The highest BCUT2D eigenvalue weighted by Crippen LogP contribution is 2.30. The number of nitrogens with two attached hydrogens (primary N) is 1. The Morgan fingerprint density at radius 1 is 0.884 bits per heavy atom. The van der Waals surface area contributed by atoms with Crippen LogP contribution in [0.4, 0.5) is 41.0 Å². The zero-order valence-corrected chi connectivity index (χ0v) is 22.7. The Labute approximate surface area is 241 Å². The maximum Gasteiger partial charge on any atom is 0.416 e. The van der Waals surface area contributed by atoms with Crippen LogP contribution in [0.5, 0.6) is 0 Å². The molecule has 0 bridgehead atoms. The molecule has 218 valence electrons. The number of primary amides is 1. The monoisotopic (exact) mass is 588 g/mol. The van der Waals surface area contributed by atoms with E-state index in [1.807, 2.05) is 0 Å². The van der Waals surface area contributed by atoms with Gasteiger partial charge in [0.25, 0.3) is 5.91 Å². The lowest BCUT2D eigenvalue weighted by molar-refractivity contribution is -0.137. The van der Waals surface area contributed by atoms with Gasteiger partial charge < -0.3 is 21.7 Å². The predicted molar refractivity (Wildman–Crippen MR) is 155 cm³/mol. The zero-order valence-electron chi connectivity index (χ0n) is 22.7. The van der Waals surface area contributed by atoms with Gasteiger partial charge in [0.15, 0.2) is 5.65 Å². The number of rotatable bonds is 6. The number of hydrogen-bond acceptors (Lipinski definition) is 7. The number of carbonyl (C=O) groups is 2. The zero-order chi connectivity index (χ0) is 30.9. The third kappa shape index (κ3) is 6.27. The van der Waals surface area contributed by atoms with E-state index >= 15 is 0 Å². The second kappa shape index (κ2) is 11.2. The van der Waals surface area contributed by atoms with Crippen LogP contribution in [0.3, 0.4) is 0 Å². The number of alkyl halides is 3. The highest BCUT2D eigenvalue weighted by molar-refractivity contribution is 6.04. The summed E-state index contributed by atoms with van der Waals surface area (Å²) in [7, 11) is 0. The standard InChI is InChI=1S/C29H23F3N8O3/c1-15-9-10-21(35-25(41)17-5-3-6-18(11-17)29(30,31)32)13-23(15)40-16(2)22-14-34-27(38-24(22)39-28(40)43)37-20-8-4-7-19(12-20)36-26(33)42/h3-14H,1-2H3,(H,35,41)(H3,33,36,42)(H,37,38,39,43). The van der Waals surface area contributed by atoms with Crippen LogP contribution in [-0.4, -0.2) is 31.5 Å². The van der Waals surface area contributed by atoms with Gasteiger partial charge in [0, 0.05) is 34.5 Å². The number of aryl methyl sites for hydroxylation is 2. The van der Waals surface area contributed by atoms with E-state index in [4.69, 9.17) is 5.73 Å². The highest BCUT2D eigenvalue weighted by atomic mass is 19.4. The van der Waals surface area contributed by atoms with Crippen LogP contribution in [0, 0.1) is 13.8 Å². The number of anilines is 4. The minimum atomic E-state index is -4.59. The van der Waals surface area contributed by atoms with Crippen LogP contribution in [0.2, 0.25) is 0 Å². The Balaban J connectivity index is 1.45. The second-order valence-corrected chi connectivity index (χ2v) is 9.48. The summed E-state index contributed by atoms with van der Waals surface area (Å²) in [6.07, 6.45) is -3.09. The van der Waals surface area contributed by atoms with E-state index in [9.17, 15) is 27.6 Å². The molecule has 0 aliphatic rings. The van der Waals surface area contributed by atoms with Gasteiger partial charge in [0.1, 0.15) is 0 Å². The fourth-order valence-electron chi connectivity index (χ4n) is 4.38. The molecule has 2 aromatic heterocycles. The molecule has 5 aromatic rings. The lowest BCUT2D eigenvalue weighted by Crippen LogP contribution is -2.25. The highest BCUT2D eigenvalue weighted by Gasteiger charge is 2.31. The van der Waals surface area contributed by atoms with E-state index in [0.29, 0.717) is 33.7 Å². The average Bonchev–Trinajstić information content (AvgIpc) is 2.94. The normalized spacial score (nSPS) is 11.3. The van der Waals surface area contributed by atoms with Gasteiger partial charge in [-0.25, -0.2) is 14.6 Å². The number of aromatic nitrogens is 4. The quantitative estimate of drug-likeness (QED) is 0.210. The molecule has 0 radical (unpaired) electrons. The molecule has 0 fully saturated rings. The van der Waals surface area contributed by atoms with Gasteiger partial charge in [0.05, 0.1) is 16.6 Å². The third-order valence-electron chi connectivity index (χ3n) is 6.43. The molecule has 0 aliphatic heterocycles. The van der Waals surface area contributed by atoms with Crippen LogP contribution in [-0.2, 0) is 6.18 Å². The van der Waals surface area contributed by atoms with Gasteiger partial charge in [-0.2, -0.15) is 23.1 Å². The summed E-state index contributed by atoms with van der Waals surface area (Å²) >= 11 is 0. The first-order valence-electron chi connectivity index (χ1n) is 12.7. The summed E-state index contributed by atoms with van der Waals surface area (Å²) in [5, 5.41) is 8.53. The Kier molecular flexibility index (Phi) is 7.51. The minimum absolute atomic E-state index is 0.134. The lowest BCUT2D eigenvalue weighted by atomic mass is 10.1. The van der Waals surface area contributed by atoms with E-state index in [-0.39, 0.29) is 22.8 Å². The molecule has 0 saturated carbocycles. The van der Waals surface area contributed by atoms with Gasteiger partial charge in [-0.1, -0.05) is 18.2 Å². The summed E-state index contributed by atoms with van der Waals surface area (Å²) in [4.78, 5) is 50.0. The van der Waals surface area contributed by atoms with Crippen LogP contribution in [0.25, 0.3) is 16.7 Å². The van der Waals surface area contributed by atoms with Crippen molar-refractivity contribution < 1.29 is 22.8 Å². The van der Waals surface area contributed by atoms with Crippen LogP contribution < -0.4 is 27.4 Å². The first kappa shape index (κ1) is 28.7. The average molecular weight is 589 g/mol. The van der Waals surface area contributed by atoms with Crippen molar-refractivity contribution in [3.05, 3.63) is 106 Å². The van der Waals surface area contributed by atoms with Crippen molar-refractivity contribution in [1.82, 2.24) is 19.5 Å². The molecule has 2 heterocycles. The molecule has 0 unspecified atom stereocenters. The first-order valence-corrected chi connectivity index (χ1v) is 12.7. The number of nitrogens with zero attached hydrogens (tertiary/aromatic N) is 4. The number of carbonyl (C=O) groups excluding carboxylic acids is 2. The summed E-state index contributed by atoms with van der Waals surface area (Å²) in [6.45, 7) is 3.45. The van der Waals surface area contributed by atoms with Gasteiger partial charge in [-0.3, -0.25) is 9.36 Å². The molecular formula is C29H23F3N8O3. The van der Waals surface area contributed by atoms with Crippen molar-refractivity contribution in [2.24, 2.45) is 5.73 Å². The minimum Gasteiger partial charge on any atom is -0.351 e. The summed E-state index contributed by atoms with van der Waals surface area (Å²) in [5.41, 5.74) is 6.36. The number of fused-ring (bicyclic) bond motifs is 1. The summed E-state index contributed by atoms with van der Waals surface area (Å²) < 4.78 is 40.7. The van der Waals surface area contributed by atoms with Crippen LogP contribution in [0.1, 0.15) is 27.2 Å². The van der Waals surface area contributed by atoms with Crippen molar-refractivity contribution in [3.63, 3.8) is 0 Å². The van der Waals surface area contributed by atoms with Crippen LogP contribution in [0.15, 0.2) is 77.7 Å². The SMILES string of the molecule is Cc1ccc(NC(=O)c2cccc(C(F)(F)F)c2)cc1-n1c(C)c2cnc(Nc3cccc(NC(N)=O)c3)nc2nc1=O. The van der Waals surface area contributed by atoms with Crippen molar-refractivity contribution in [1.29, 1.82) is 0 Å². The molecule has 3 aromatic carbocycles. The molecule has 0 aliphatic carbocycles. The number of urea groups is 1. The number of halogens is 3. The van der Waals surface area contributed by atoms with Gasteiger partial charge in [-0.05, 0) is 67.9 Å². The second-order valence-electron chi connectivity index (χ2n) is 9.48. The topological polar surface area (TPSA) is 157 Å². The maximum absolute atomic E-state index is 13.2. The maximum atomic E-state index is 13.2. The van der Waals surface area contributed by atoms with Crippen molar-refractivity contribution in [3.8, 4) is 5.69 Å². The molecule has 5 rings (SSSR count). The van der Waals surface area contributed by atoms with E-state index in [1.54, 1.807) is 50.2 Å². The number of hydrogen-bond donors (Lipinski definition) is 4. The Morgan fingerprint density at radius 3 is 2.35 bits per heavy atom. The van der Waals surface area contributed by atoms with Gasteiger partial charge in [0.2, 0.25) is 5.95 Å². The molecular weight excluding hydrogens is 565 g/mol. The molecule has 0 spiro atoms. The van der Waals surface area contributed by atoms with Crippen molar-refractivity contribution in [2.75, 3.05) is 16.0 Å². The fraction of sp³-hybridized carbons (Fsp3) is 0.103. The van der Waals surface area contributed by atoms with Crippen molar-refractivity contribution in [2.45, 2.75) is 20.0 Å². The molecule has 0 saturated heterocycles. The molecule has 3 amide bonds. The Hall–Kier alpha value is -5.79. The third-order valence-corrected chi connectivity index (χ3v) is 6.43. The van der Waals surface area contributed by atoms with Gasteiger partial charge >= 0.3 is 17.9 Å². The predicted octanol–water partition coefficient (Wildman–Crippen LogP) is 5.30. The largest absolute Gasteiger partial charge is 0.416 e. The van der Waals surface area contributed by atoms with E-state index in [1.165, 1.54) is 22.9 Å². The first-order chi connectivity index (χ1) is 20.4. The van der Waals surface area contributed by atoms with Crippen LogP contribution >= 0.6 is 0 Å². The number of nitrogens with one attached hydrogen (secondary N) is 3.